The third-order valence-electron chi connectivity index (χ3n) is 3.17. The molecule has 108 valence electrons. The van der Waals surface area contributed by atoms with E-state index in [1.807, 2.05) is 19.1 Å². The minimum absolute atomic E-state index is 0.152. The molecule has 0 amide bonds. The van der Waals surface area contributed by atoms with Crippen molar-refractivity contribution in [2.75, 3.05) is 0 Å². The van der Waals surface area contributed by atoms with Crippen LogP contribution in [-0.2, 0) is 12.0 Å². The number of hydrogen-bond acceptors (Lipinski definition) is 3. The number of halogens is 1. The van der Waals surface area contributed by atoms with Crippen molar-refractivity contribution in [3.63, 3.8) is 0 Å². The highest BCUT2D eigenvalue weighted by molar-refractivity contribution is 7.09. The van der Waals surface area contributed by atoms with Gasteiger partial charge in [-0.25, -0.2) is 4.98 Å². The lowest BCUT2D eigenvalue weighted by Gasteiger charge is -2.31. The monoisotopic (exact) mass is 308 g/mol. The van der Waals surface area contributed by atoms with E-state index in [0.29, 0.717) is 6.04 Å². The second kappa shape index (κ2) is 6.25. The molecule has 0 aliphatic rings. The number of aromatic nitrogens is 1. The second-order valence-corrected chi connectivity index (χ2v) is 7.02. The normalized spacial score (nSPS) is 14.5. The predicted octanol–water partition coefficient (Wildman–Crippen LogP) is 4.56. The Bertz CT molecular complexity index is 562. The first-order valence-corrected chi connectivity index (χ1v) is 8.09. The summed E-state index contributed by atoms with van der Waals surface area (Å²) in [4.78, 5) is 4.68. The van der Waals surface area contributed by atoms with Crippen molar-refractivity contribution in [2.24, 2.45) is 0 Å². The van der Waals surface area contributed by atoms with E-state index in [0.717, 1.165) is 22.1 Å². The highest BCUT2D eigenvalue weighted by atomic mass is 35.5. The van der Waals surface area contributed by atoms with Gasteiger partial charge in [0.15, 0.2) is 0 Å². The molecule has 0 fully saturated rings. The summed E-state index contributed by atoms with van der Waals surface area (Å²) in [7, 11) is 0. The minimum atomic E-state index is -0.152. The molecule has 0 bridgehead atoms. The Hall–Kier alpha value is -0.900. The fourth-order valence-electron chi connectivity index (χ4n) is 2.44. The Morgan fingerprint density at radius 1 is 1.30 bits per heavy atom. The molecule has 1 aromatic carbocycles. The zero-order valence-electron chi connectivity index (χ0n) is 12.4. The van der Waals surface area contributed by atoms with Gasteiger partial charge in [0.05, 0.1) is 5.54 Å². The maximum Gasteiger partial charge on any atom is 0.113 e. The Balaban J connectivity index is 2.29. The molecule has 0 saturated heterocycles. The van der Waals surface area contributed by atoms with Crippen LogP contribution in [0.5, 0.6) is 0 Å². The number of nitrogens with zero attached hydrogens (tertiary/aromatic N) is 1. The Kier molecular flexibility index (Phi) is 4.84. The van der Waals surface area contributed by atoms with Gasteiger partial charge >= 0.3 is 0 Å². The summed E-state index contributed by atoms with van der Waals surface area (Å²) in [5, 5.41) is 7.69. The van der Waals surface area contributed by atoms with Gasteiger partial charge in [-0.2, -0.15) is 0 Å². The molecule has 2 rings (SSSR count). The SMILES string of the molecule is Cc1csc(C(C)(Cc2ccc(Cl)cc2)NC(C)C)n1. The van der Waals surface area contributed by atoms with E-state index in [-0.39, 0.29) is 5.54 Å². The largest absolute Gasteiger partial charge is 0.303 e. The molecule has 0 radical (unpaired) electrons. The average molecular weight is 309 g/mol. The number of nitrogens with one attached hydrogen (secondary N) is 1. The summed E-state index contributed by atoms with van der Waals surface area (Å²) in [6, 6.07) is 8.46. The van der Waals surface area contributed by atoms with Crippen LogP contribution in [0.3, 0.4) is 0 Å². The molecule has 20 heavy (non-hydrogen) atoms. The minimum Gasteiger partial charge on any atom is -0.303 e. The van der Waals surface area contributed by atoms with E-state index in [2.05, 4.69) is 48.6 Å². The van der Waals surface area contributed by atoms with Crippen molar-refractivity contribution >= 4 is 22.9 Å². The molecule has 1 N–H and O–H groups in total. The van der Waals surface area contributed by atoms with Gasteiger partial charge in [-0.05, 0) is 51.8 Å². The quantitative estimate of drug-likeness (QED) is 0.876. The number of benzene rings is 1. The molecule has 2 nitrogen and oxygen atoms in total. The van der Waals surface area contributed by atoms with Crippen LogP contribution in [0.1, 0.15) is 37.0 Å². The van der Waals surface area contributed by atoms with Gasteiger partial charge in [0.2, 0.25) is 0 Å². The topological polar surface area (TPSA) is 24.9 Å². The fourth-order valence-corrected chi connectivity index (χ4v) is 3.49. The summed E-state index contributed by atoms with van der Waals surface area (Å²) >= 11 is 7.68. The Morgan fingerprint density at radius 2 is 1.95 bits per heavy atom. The van der Waals surface area contributed by atoms with Crippen molar-refractivity contribution in [2.45, 2.75) is 45.7 Å². The molecule has 0 aliphatic heterocycles. The molecule has 1 aromatic heterocycles. The smallest absolute Gasteiger partial charge is 0.113 e. The standard InChI is InChI=1S/C16H21ClN2S/c1-11(2)19-16(4,15-18-12(3)10-20-15)9-13-5-7-14(17)8-6-13/h5-8,10-11,19H,9H2,1-4H3. The number of rotatable bonds is 5. The molecular formula is C16H21ClN2S. The van der Waals surface area contributed by atoms with Crippen LogP contribution in [-0.4, -0.2) is 11.0 Å². The summed E-state index contributed by atoms with van der Waals surface area (Å²) in [6.45, 7) is 8.60. The summed E-state index contributed by atoms with van der Waals surface area (Å²) in [5.74, 6) is 0. The highest BCUT2D eigenvalue weighted by Crippen LogP contribution is 2.29. The van der Waals surface area contributed by atoms with Gasteiger partial charge in [0, 0.05) is 22.1 Å². The van der Waals surface area contributed by atoms with Crippen molar-refractivity contribution in [1.82, 2.24) is 10.3 Å². The van der Waals surface area contributed by atoms with Gasteiger partial charge in [0.1, 0.15) is 5.01 Å². The molecule has 1 heterocycles. The van der Waals surface area contributed by atoms with Gasteiger partial charge in [-0.3, -0.25) is 0 Å². The van der Waals surface area contributed by atoms with E-state index in [9.17, 15) is 0 Å². The number of aryl methyl sites for hydroxylation is 1. The molecular weight excluding hydrogens is 288 g/mol. The number of thiazole rings is 1. The van der Waals surface area contributed by atoms with Gasteiger partial charge in [-0.1, -0.05) is 23.7 Å². The first kappa shape index (κ1) is 15.5. The van der Waals surface area contributed by atoms with Crippen LogP contribution in [0.4, 0.5) is 0 Å². The highest BCUT2D eigenvalue weighted by Gasteiger charge is 2.30. The van der Waals surface area contributed by atoms with Crippen LogP contribution in [0.2, 0.25) is 5.02 Å². The molecule has 0 saturated carbocycles. The van der Waals surface area contributed by atoms with Crippen molar-refractivity contribution in [3.05, 3.63) is 50.9 Å². The van der Waals surface area contributed by atoms with Crippen LogP contribution < -0.4 is 5.32 Å². The lowest BCUT2D eigenvalue weighted by molar-refractivity contribution is 0.330. The zero-order chi connectivity index (χ0) is 14.8. The third-order valence-corrected chi connectivity index (χ3v) is 4.65. The van der Waals surface area contributed by atoms with E-state index in [1.54, 1.807) is 11.3 Å². The van der Waals surface area contributed by atoms with Gasteiger partial charge in [0.25, 0.3) is 0 Å². The van der Waals surface area contributed by atoms with E-state index < -0.39 is 0 Å². The molecule has 0 aliphatic carbocycles. The molecule has 1 atom stereocenters. The Labute approximate surface area is 130 Å². The van der Waals surface area contributed by atoms with Crippen LogP contribution in [0.25, 0.3) is 0 Å². The predicted molar refractivity (Wildman–Crippen MR) is 87.6 cm³/mol. The van der Waals surface area contributed by atoms with Crippen LogP contribution in [0, 0.1) is 6.92 Å². The van der Waals surface area contributed by atoms with Crippen molar-refractivity contribution in [1.29, 1.82) is 0 Å². The van der Waals surface area contributed by atoms with E-state index in [1.165, 1.54) is 5.56 Å². The number of hydrogen-bond donors (Lipinski definition) is 1. The van der Waals surface area contributed by atoms with E-state index in [4.69, 9.17) is 11.6 Å². The third kappa shape index (κ3) is 3.81. The van der Waals surface area contributed by atoms with Crippen LogP contribution >= 0.6 is 22.9 Å². The van der Waals surface area contributed by atoms with Gasteiger partial charge < -0.3 is 5.32 Å². The molecule has 0 spiro atoms. The van der Waals surface area contributed by atoms with Gasteiger partial charge in [-0.15, -0.1) is 11.3 Å². The second-order valence-electron chi connectivity index (χ2n) is 5.73. The van der Waals surface area contributed by atoms with Crippen molar-refractivity contribution < 1.29 is 0 Å². The maximum absolute atomic E-state index is 5.96. The Morgan fingerprint density at radius 3 is 2.45 bits per heavy atom. The summed E-state index contributed by atoms with van der Waals surface area (Å²) < 4.78 is 0. The molecule has 4 heteroatoms. The maximum atomic E-state index is 5.96. The van der Waals surface area contributed by atoms with E-state index >= 15 is 0 Å². The van der Waals surface area contributed by atoms with Crippen molar-refractivity contribution in [3.8, 4) is 0 Å². The zero-order valence-corrected chi connectivity index (χ0v) is 14.0. The molecule has 1 unspecified atom stereocenters. The lowest BCUT2D eigenvalue weighted by Crippen LogP contribution is -2.45. The first-order valence-electron chi connectivity index (χ1n) is 6.84. The summed E-state index contributed by atoms with van der Waals surface area (Å²) in [5.41, 5.74) is 2.19. The first-order chi connectivity index (χ1) is 9.39. The fraction of sp³-hybridized carbons (Fsp3) is 0.438. The average Bonchev–Trinajstić information content (AvgIpc) is 2.79. The van der Waals surface area contributed by atoms with Crippen LogP contribution in [0.15, 0.2) is 29.6 Å². The molecule has 2 aromatic rings. The lowest BCUT2D eigenvalue weighted by atomic mass is 9.92. The summed E-state index contributed by atoms with van der Waals surface area (Å²) in [6.07, 6.45) is 0.898.